The topological polar surface area (TPSA) is 33.7 Å². The third kappa shape index (κ3) is 4.20. The van der Waals surface area contributed by atoms with Gasteiger partial charge in [0.25, 0.3) is 0 Å². The molecule has 1 aromatic rings. The van der Waals surface area contributed by atoms with Crippen LogP contribution < -0.4 is 10.1 Å². The van der Waals surface area contributed by atoms with Crippen LogP contribution in [-0.4, -0.2) is 51.4 Å². The molecule has 0 amide bonds. The van der Waals surface area contributed by atoms with Crippen LogP contribution in [0.4, 0.5) is 0 Å². The maximum Gasteiger partial charge on any atom is 0.119 e. The molecule has 1 fully saturated rings. The molecule has 1 N–H and O–H groups in total. The Balaban J connectivity index is 1.84. The van der Waals surface area contributed by atoms with Crippen molar-refractivity contribution in [1.29, 1.82) is 0 Å². The van der Waals surface area contributed by atoms with Gasteiger partial charge in [-0.3, -0.25) is 0 Å². The summed E-state index contributed by atoms with van der Waals surface area (Å²) >= 11 is 0. The summed E-state index contributed by atoms with van der Waals surface area (Å²) < 4.78 is 11.0. The van der Waals surface area contributed by atoms with Gasteiger partial charge in [0.15, 0.2) is 0 Å². The van der Waals surface area contributed by atoms with Crippen molar-refractivity contribution < 1.29 is 9.47 Å². The summed E-state index contributed by atoms with van der Waals surface area (Å²) in [6, 6.07) is 8.48. The molecule has 1 saturated heterocycles. The van der Waals surface area contributed by atoms with Crippen molar-refractivity contribution in [1.82, 2.24) is 10.2 Å². The van der Waals surface area contributed by atoms with E-state index in [1.807, 2.05) is 12.1 Å². The minimum Gasteiger partial charge on any atom is -0.497 e. The van der Waals surface area contributed by atoms with Gasteiger partial charge >= 0.3 is 0 Å². The number of ether oxygens (including phenoxy) is 2. The van der Waals surface area contributed by atoms with Gasteiger partial charge in [0, 0.05) is 25.7 Å². The number of methoxy groups -OCH3 is 1. The van der Waals surface area contributed by atoms with Crippen LogP contribution in [0, 0.1) is 0 Å². The summed E-state index contributed by atoms with van der Waals surface area (Å²) in [6.45, 7) is 5.90. The van der Waals surface area contributed by atoms with E-state index in [-0.39, 0.29) is 6.10 Å². The van der Waals surface area contributed by atoms with Gasteiger partial charge in [-0.25, -0.2) is 0 Å². The Bertz CT molecular complexity index is 397. The molecule has 2 unspecified atom stereocenters. The second-order valence-corrected chi connectivity index (χ2v) is 5.16. The fraction of sp³-hybridized carbons (Fsp3) is 0.600. The lowest BCUT2D eigenvalue weighted by molar-refractivity contribution is -0.0190. The number of benzene rings is 1. The SMILES string of the molecule is COc1cccc(C(C)NCC2CN(C)CCO2)c1. The molecule has 0 aromatic heterocycles. The second kappa shape index (κ2) is 6.89. The average Bonchev–Trinajstić information content (AvgIpc) is 2.45. The van der Waals surface area contributed by atoms with Gasteiger partial charge in [-0.15, -0.1) is 0 Å². The van der Waals surface area contributed by atoms with Crippen LogP contribution in [0.15, 0.2) is 24.3 Å². The quantitative estimate of drug-likeness (QED) is 0.877. The predicted octanol–water partition coefficient (Wildman–Crippen LogP) is 1.68. The number of likely N-dealkylation sites (N-methyl/N-ethyl adjacent to an activating group) is 1. The van der Waals surface area contributed by atoms with Crippen molar-refractivity contribution in [3.8, 4) is 5.75 Å². The van der Waals surface area contributed by atoms with Crippen molar-refractivity contribution in [3.05, 3.63) is 29.8 Å². The lowest BCUT2D eigenvalue weighted by atomic mass is 10.1. The third-order valence-corrected chi connectivity index (χ3v) is 3.59. The highest BCUT2D eigenvalue weighted by Crippen LogP contribution is 2.18. The highest BCUT2D eigenvalue weighted by molar-refractivity contribution is 5.30. The molecule has 2 atom stereocenters. The van der Waals surface area contributed by atoms with E-state index in [0.29, 0.717) is 6.04 Å². The van der Waals surface area contributed by atoms with E-state index >= 15 is 0 Å². The van der Waals surface area contributed by atoms with Gasteiger partial charge in [-0.2, -0.15) is 0 Å². The van der Waals surface area contributed by atoms with Crippen molar-refractivity contribution in [2.24, 2.45) is 0 Å². The first-order chi connectivity index (χ1) is 9.19. The van der Waals surface area contributed by atoms with Crippen molar-refractivity contribution in [3.63, 3.8) is 0 Å². The van der Waals surface area contributed by atoms with Crippen molar-refractivity contribution >= 4 is 0 Å². The molecule has 1 aliphatic rings. The van der Waals surface area contributed by atoms with E-state index < -0.39 is 0 Å². The molecular weight excluding hydrogens is 240 g/mol. The third-order valence-electron chi connectivity index (χ3n) is 3.59. The molecule has 2 rings (SSSR count). The Morgan fingerprint density at radius 2 is 2.37 bits per heavy atom. The monoisotopic (exact) mass is 264 g/mol. The molecule has 0 bridgehead atoms. The molecule has 0 saturated carbocycles. The predicted molar refractivity (Wildman–Crippen MR) is 76.6 cm³/mol. The smallest absolute Gasteiger partial charge is 0.119 e. The second-order valence-electron chi connectivity index (χ2n) is 5.16. The van der Waals surface area contributed by atoms with E-state index in [2.05, 4.69) is 36.3 Å². The fourth-order valence-electron chi connectivity index (χ4n) is 2.33. The molecule has 1 heterocycles. The Morgan fingerprint density at radius 1 is 1.53 bits per heavy atom. The Morgan fingerprint density at radius 3 is 3.11 bits per heavy atom. The maximum atomic E-state index is 5.75. The normalized spacial score (nSPS) is 22.2. The standard InChI is InChI=1S/C15H24N2O2/c1-12(13-5-4-6-14(9-13)18-3)16-10-15-11-17(2)7-8-19-15/h4-6,9,12,15-16H,7-8,10-11H2,1-3H3. The number of nitrogens with one attached hydrogen (secondary N) is 1. The number of hydrogen-bond donors (Lipinski definition) is 1. The summed E-state index contributed by atoms with van der Waals surface area (Å²) in [4.78, 5) is 2.31. The average molecular weight is 264 g/mol. The van der Waals surface area contributed by atoms with Crippen LogP contribution in [0.5, 0.6) is 5.75 Å². The lowest BCUT2D eigenvalue weighted by Crippen LogP contribution is -2.45. The van der Waals surface area contributed by atoms with Gasteiger partial charge in [-0.05, 0) is 31.7 Å². The Kier molecular flexibility index (Phi) is 5.19. The molecular formula is C15H24N2O2. The Hall–Kier alpha value is -1.10. The zero-order valence-corrected chi connectivity index (χ0v) is 12.1. The summed E-state index contributed by atoms with van der Waals surface area (Å²) in [7, 11) is 3.84. The van der Waals surface area contributed by atoms with Gasteiger partial charge in [-0.1, -0.05) is 12.1 Å². The van der Waals surface area contributed by atoms with Crippen LogP contribution in [0.2, 0.25) is 0 Å². The first kappa shape index (κ1) is 14.3. The molecule has 4 nitrogen and oxygen atoms in total. The number of hydrogen-bond acceptors (Lipinski definition) is 4. The number of morpholine rings is 1. The van der Waals surface area contributed by atoms with E-state index in [9.17, 15) is 0 Å². The van der Waals surface area contributed by atoms with Crippen molar-refractivity contribution in [2.75, 3.05) is 40.4 Å². The minimum absolute atomic E-state index is 0.284. The zero-order valence-electron chi connectivity index (χ0n) is 12.1. The van der Waals surface area contributed by atoms with E-state index in [1.54, 1.807) is 7.11 Å². The molecule has 19 heavy (non-hydrogen) atoms. The number of nitrogens with zero attached hydrogens (tertiary/aromatic N) is 1. The number of rotatable bonds is 5. The molecule has 1 aromatic carbocycles. The summed E-state index contributed by atoms with van der Waals surface area (Å²) in [5.74, 6) is 0.903. The molecule has 0 spiro atoms. The van der Waals surface area contributed by atoms with Crippen LogP contribution in [0.25, 0.3) is 0 Å². The zero-order chi connectivity index (χ0) is 13.7. The first-order valence-corrected chi connectivity index (χ1v) is 6.86. The first-order valence-electron chi connectivity index (χ1n) is 6.86. The molecule has 1 aliphatic heterocycles. The molecule has 0 aliphatic carbocycles. The minimum atomic E-state index is 0.284. The van der Waals surface area contributed by atoms with Gasteiger partial charge in [0.05, 0.1) is 19.8 Å². The van der Waals surface area contributed by atoms with Gasteiger partial charge in [0.2, 0.25) is 0 Å². The maximum absolute atomic E-state index is 5.75. The van der Waals surface area contributed by atoms with Crippen LogP contribution >= 0.6 is 0 Å². The fourth-order valence-corrected chi connectivity index (χ4v) is 2.33. The van der Waals surface area contributed by atoms with Crippen molar-refractivity contribution in [2.45, 2.75) is 19.1 Å². The van der Waals surface area contributed by atoms with Gasteiger partial charge in [0.1, 0.15) is 5.75 Å². The van der Waals surface area contributed by atoms with E-state index in [1.165, 1.54) is 5.56 Å². The van der Waals surface area contributed by atoms with E-state index in [4.69, 9.17) is 9.47 Å². The molecule has 0 radical (unpaired) electrons. The van der Waals surface area contributed by atoms with Crippen LogP contribution in [0.1, 0.15) is 18.5 Å². The highest BCUT2D eigenvalue weighted by atomic mass is 16.5. The summed E-state index contributed by atoms with van der Waals surface area (Å²) in [5, 5.41) is 3.53. The lowest BCUT2D eigenvalue weighted by Gasteiger charge is -2.31. The summed E-state index contributed by atoms with van der Waals surface area (Å²) in [5.41, 5.74) is 1.24. The molecule has 106 valence electrons. The van der Waals surface area contributed by atoms with E-state index in [0.717, 1.165) is 32.0 Å². The summed E-state index contributed by atoms with van der Waals surface area (Å²) in [6.07, 6.45) is 0.284. The van der Waals surface area contributed by atoms with Gasteiger partial charge < -0.3 is 19.7 Å². The largest absolute Gasteiger partial charge is 0.497 e. The van der Waals surface area contributed by atoms with Crippen LogP contribution in [-0.2, 0) is 4.74 Å². The highest BCUT2D eigenvalue weighted by Gasteiger charge is 2.18. The van der Waals surface area contributed by atoms with Crippen LogP contribution in [0.3, 0.4) is 0 Å². The Labute approximate surface area is 115 Å². The molecule has 4 heteroatoms.